The number of fused-ring (bicyclic) bond motifs is 2. The van der Waals surface area contributed by atoms with Crippen LogP contribution in [0.15, 0.2) is 30.3 Å². The van der Waals surface area contributed by atoms with Crippen molar-refractivity contribution >= 4 is 17.5 Å². The first-order valence-electron chi connectivity index (χ1n) is 10.9. The summed E-state index contributed by atoms with van der Waals surface area (Å²) in [5.74, 6) is -2.67. The Morgan fingerprint density at radius 1 is 0.938 bits per heavy atom. The van der Waals surface area contributed by atoms with E-state index in [4.69, 9.17) is 4.74 Å². The first-order valence-corrected chi connectivity index (χ1v) is 10.9. The predicted octanol–water partition coefficient (Wildman–Crippen LogP) is 2.11. The van der Waals surface area contributed by atoms with Gasteiger partial charge in [-0.3, -0.25) is 9.59 Å². The van der Waals surface area contributed by atoms with Gasteiger partial charge in [-0.25, -0.2) is 4.79 Å². The summed E-state index contributed by atoms with van der Waals surface area (Å²) in [5, 5.41) is 23.7. The lowest BCUT2D eigenvalue weighted by atomic mass is 9.82. The minimum atomic E-state index is -0.660. The van der Waals surface area contributed by atoms with Gasteiger partial charge in [-0.1, -0.05) is 12.1 Å². The summed E-state index contributed by atoms with van der Waals surface area (Å²) in [7, 11) is 0. The molecule has 0 unspecified atom stereocenters. The fourth-order valence-electron chi connectivity index (χ4n) is 4.20. The van der Waals surface area contributed by atoms with Crippen LogP contribution >= 0.6 is 0 Å². The highest BCUT2D eigenvalue weighted by atomic mass is 16.5. The summed E-state index contributed by atoms with van der Waals surface area (Å²) in [6, 6.07) is 6.60. The number of carbonyl (C=O) groups is 3. The normalized spacial score (nSPS) is 15.9. The molecule has 1 saturated heterocycles. The van der Waals surface area contributed by atoms with Crippen LogP contribution < -0.4 is 5.32 Å². The molecule has 0 aromatic heterocycles. The minimum absolute atomic E-state index is 0.00631. The monoisotopic (exact) mass is 438 g/mol. The molecule has 4 rings (SSSR count). The second kappa shape index (κ2) is 9.50. The minimum Gasteiger partial charge on any atom is -0.507 e. The number of carbonyl (C=O) groups excluding carboxylic acids is 3. The van der Waals surface area contributed by atoms with Gasteiger partial charge < -0.3 is 25.2 Å². The van der Waals surface area contributed by atoms with Crippen molar-refractivity contribution in [3.05, 3.63) is 58.1 Å². The van der Waals surface area contributed by atoms with Gasteiger partial charge in [0.2, 0.25) is 5.78 Å². The molecule has 1 fully saturated rings. The largest absolute Gasteiger partial charge is 0.507 e. The van der Waals surface area contributed by atoms with Crippen LogP contribution in [0.25, 0.3) is 0 Å². The number of phenolic OH excluding ortho intramolecular Hbond substituents is 2. The molecular weight excluding hydrogens is 412 g/mol. The third kappa shape index (κ3) is 4.37. The number of esters is 1. The van der Waals surface area contributed by atoms with Crippen molar-refractivity contribution in [1.82, 2.24) is 10.2 Å². The van der Waals surface area contributed by atoms with Crippen LogP contribution in [0.5, 0.6) is 11.5 Å². The molecule has 0 saturated carbocycles. The van der Waals surface area contributed by atoms with Crippen molar-refractivity contribution in [2.75, 3.05) is 39.3 Å². The average Bonchev–Trinajstić information content (AvgIpc) is 2.79. The maximum absolute atomic E-state index is 12.9. The van der Waals surface area contributed by atoms with Crippen LogP contribution in [0.4, 0.5) is 0 Å². The number of nitrogens with zero attached hydrogens (tertiary/aromatic N) is 1. The lowest BCUT2D eigenvalue weighted by molar-refractivity contribution is 0.0496. The molecular formula is C24H26N2O6. The second-order valence-corrected chi connectivity index (χ2v) is 8.06. The number of ketones is 2. The van der Waals surface area contributed by atoms with Gasteiger partial charge in [0, 0.05) is 37.3 Å². The van der Waals surface area contributed by atoms with E-state index in [9.17, 15) is 24.6 Å². The van der Waals surface area contributed by atoms with E-state index in [1.54, 1.807) is 0 Å². The summed E-state index contributed by atoms with van der Waals surface area (Å²) >= 11 is 0. The van der Waals surface area contributed by atoms with Gasteiger partial charge in [-0.15, -0.1) is 0 Å². The molecule has 32 heavy (non-hydrogen) atoms. The lowest BCUT2D eigenvalue weighted by Gasteiger charge is -2.26. The molecule has 8 nitrogen and oxygen atoms in total. The van der Waals surface area contributed by atoms with Crippen molar-refractivity contribution in [3.63, 3.8) is 0 Å². The summed E-state index contributed by atoms with van der Waals surface area (Å²) in [5.41, 5.74) is -0.385. The third-order valence-corrected chi connectivity index (χ3v) is 5.90. The van der Waals surface area contributed by atoms with Gasteiger partial charge in [0.25, 0.3) is 0 Å². The molecule has 0 spiro atoms. The SMILES string of the molecule is O=C(OCCCCCN1CCNCC1)c1cc(O)c2c(c1)C(=O)c1cccc(O)c1C2=O. The molecule has 0 bridgehead atoms. The Morgan fingerprint density at radius 2 is 1.69 bits per heavy atom. The number of hydrogen-bond acceptors (Lipinski definition) is 8. The summed E-state index contributed by atoms with van der Waals surface area (Å²) in [6.45, 7) is 5.42. The Bertz CT molecular complexity index is 1060. The van der Waals surface area contributed by atoms with E-state index in [-0.39, 0.29) is 40.2 Å². The summed E-state index contributed by atoms with van der Waals surface area (Å²) in [6.07, 6.45) is 2.68. The number of rotatable bonds is 7. The van der Waals surface area contributed by atoms with Gasteiger partial charge >= 0.3 is 5.97 Å². The topological polar surface area (TPSA) is 116 Å². The van der Waals surface area contributed by atoms with Crippen molar-refractivity contribution in [2.45, 2.75) is 19.3 Å². The van der Waals surface area contributed by atoms with E-state index >= 15 is 0 Å². The smallest absolute Gasteiger partial charge is 0.338 e. The van der Waals surface area contributed by atoms with Crippen LogP contribution in [0.2, 0.25) is 0 Å². The number of unbranched alkanes of at least 4 members (excludes halogenated alkanes) is 2. The molecule has 2 aromatic carbocycles. The quantitative estimate of drug-likeness (QED) is 0.379. The van der Waals surface area contributed by atoms with Gasteiger partial charge in [0.15, 0.2) is 5.78 Å². The summed E-state index contributed by atoms with van der Waals surface area (Å²) in [4.78, 5) is 40.5. The van der Waals surface area contributed by atoms with Crippen molar-refractivity contribution < 1.29 is 29.3 Å². The third-order valence-electron chi connectivity index (χ3n) is 5.90. The molecule has 0 amide bonds. The van der Waals surface area contributed by atoms with Crippen LogP contribution in [0, 0.1) is 0 Å². The van der Waals surface area contributed by atoms with E-state index in [0.717, 1.165) is 58.1 Å². The van der Waals surface area contributed by atoms with Gasteiger partial charge in [0.1, 0.15) is 11.5 Å². The van der Waals surface area contributed by atoms with Gasteiger partial charge in [-0.2, -0.15) is 0 Å². The maximum Gasteiger partial charge on any atom is 0.338 e. The predicted molar refractivity (Wildman–Crippen MR) is 117 cm³/mol. The van der Waals surface area contributed by atoms with Gasteiger partial charge in [-0.05, 0) is 44.0 Å². The summed E-state index contributed by atoms with van der Waals surface area (Å²) < 4.78 is 5.31. The van der Waals surface area contributed by atoms with Crippen LogP contribution in [0.1, 0.15) is 61.5 Å². The zero-order valence-corrected chi connectivity index (χ0v) is 17.7. The van der Waals surface area contributed by atoms with Crippen molar-refractivity contribution in [2.24, 2.45) is 0 Å². The molecule has 1 aliphatic carbocycles. The molecule has 2 aliphatic rings. The van der Waals surface area contributed by atoms with Crippen LogP contribution in [-0.4, -0.2) is 72.0 Å². The zero-order chi connectivity index (χ0) is 22.7. The Balaban J connectivity index is 1.37. The van der Waals surface area contributed by atoms with E-state index in [2.05, 4.69) is 10.2 Å². The Hall–Kier alpha value is -3.23. The Morgan fingerprint density at radius 3 is 2.47 bits per heavy atom. The van der Waals surface area contributed by atoms with Crippen molar-refractivity contribution in [1.29, 1.82) is 0 Å². The molecule has 1 heterocycles. The molecule has 1 aliphatic heterocycles. The highest BCUT2D eigenvalue weighted by Gasteiger charge is 2.35. The molecule has 0 radical (unpaired) electrons. The molecule has 168 valence electrons. The number of piperazine rings is 1. The number of phenols is 2. The highest BCUT2D eigenvalue weighted by Crippen LogP contribution is 2.37. The zero-order valence-electron chi connectivity index (χ0n) is 17.7. The number of nitrogens with one attached hydrogen (secondary N) is 1. The Kier molecular flexibility index (Phi) is 6.53. The second-order valence-electron chi connectivity index (χ2n) is 8.06. The standard InChI is InChI=1S/C24H26N2O6/c27-18-6-4-5-16-20(18)23(30)21-17(22(16)29)13-15(14-19(21)28)24(31)32-12-3-1-2-9-26-10-7-25-8-11-26/h4-6,13-14,25,27-28H,1-3,7-12H2. The number of hydrogen-bond donors (Lipinski definition) is 3. The first kappa shape index (κ1) is 22.0. The molecule has 8 heteroatoms. The molecule has 2 aromatic rings. The fourth-order valence-corrected chi connectivity index (χ4v) is 4.20. The van der Waals surface area contributed by atoms with Crippen LogP contribution in [0.3, 0.4) is 0 Å². The lowest BCUT2D eigenvalue weighted by Crippen LogP contribution is -2.43. The molecule has 0 atom stereocenters. The maximum atomic E-state index is 12.9. The fraction of sp³-hybridized carbons (Fsp3) is 0.375. The number of ether oxygens (including phenoxy) is 1. The molecule has 3 N–H and O–H groups in total. The average molecular weight is 438 g/mol. The van der Waals surface area contributed by atoms with Gasteiger partial charge in [0.05, 0.1) is 23.3 Å². The van der Waals surface area contributed by atoms with E-state index in [0.29, 0.717) is 0 Å². The van der Waals surface area contributed by atoms with Crippen LogP contribution in [-0.2, 0) is 4.74 Å². The number of benzene rings is 2. The van der Waals surface area contributed by atoms with Crippen molar-refractivity contribution in [3.8, 4) is 11.5 Å². The number of aromatic hydroxyl groups is 2. The first-order chi connectivity index (χ1) is 15.5. The van der Waals surface area contributed by atoms with E-state index in [1.165, 1.54) is 24.3 Å². The van der Waals surface area contributed by atoms with E-state index in [1.807, 2.05) is 0 Å². The Labute approximate surface area is 185 Å². The highest BCUT2D eigenvalue weighted by molar-refractivity contribution is 6.30. The van der Waals surface area contributed by atoms with E-state index < -0.39 is 23.3 Å².